The van der Waals surface area contributed by atoms with E-state index in [9.17, 15) is 0 Å². The summed E-state index contributed by atoms with van der Waals surface area (Å²) in [6, 6.07) is 5.79. The van der Waals surface area contributed by atoms with Crippen LogP contribution in [0.1, 0.15) is 0 Å². The SMILES string of the molecule is Clc1ncc(Br)c(Sc2ccc3c(c2)OCCO3)n1. The van der Waals surface area contributed by atoms with Crippen molar-refractivity contribution < 1.29 is 9.47 Å². The van der Waals surface area contributed by atoms with E-state index in [1.165, 1.54) is 11.8 Å². The van der Waals surface area contributed by atoms with Crippen molar-refractivity contribution in [3.8, 4) is 11.5 Å². The minimum absolute atomic E-state index is 0.225. The van der Waals surface area contributed by atoms with Crippen LogP contribution in [0.25, 0.3) is 0 Å². The molecule has 19 heavy (non-hydrogen) atoms. The molecule has 0 bridgehead atoms. The molecule has 0 saturated heterocycles. The summed E-state index contributed by atoms with van der Waals surface area (Å²) in [5.41, 5.74) is 0. The molecule has 0 spiro atoms. The minimum Gasteiger partial charge on any atom is -0.486 e. The number of halogens is 2. The minimum atomic E-state index is 0.225. The molecule has 0 atom stereocenters. The number of aromatic nitrogens is 2. The molecule has 1 aliphatic rings. The monoisotopic (exact) mass is 358 g/mol. The van der Waals surface area contributed by atoms with Crippen LogP contribution in [0, 0.1) is 0 Å². The van der Waals surface area contributed by atoms with Gasteiger partial charge in [-0.15, -0.1) is 0 Å². The zero-order valence-corrected chi connectivity index (χ0v) is 12.8. The van der Waals surface area contributed by atoms with E-state index < -0.39 is 0 Å². The Kier molecular flexibility index (Phi) is 3.81. The van der Waals surface area contributed by atoms with E-state index in [4.69, 9.17) is 21.1 Å². The van der Waals surface area contributed by atoms with E-state index in [0.29, 0.717) is 13.2 Å². The molecule has 4 nitrogen and oxygen atoms in total. The van der Waals surface area contributed by atoms with Crippen LogP contribution < -0.4 is 9.47 Å². The highest BCUT2D eigenvalue weighted by Crippen LogP contribution is 2.38. The molecule has 0 radical (unpaired) electrons. The molecule has 2 heterocycles. The highest BCUT2D eigenvalue weighted by Gasteiger charge is 2.13. The lowest BCUT2D eigenvalue weighted by Gasteiger charge is -2.18. The van der Waals surface area contributed by atoms with Crippen LogP contribution in [-0.4, -0.2) is 23.2 Å². The first-order valence-corrected chi connectivity index (χ1v) is 7.46. The summed E-state index contributed by atoms with van der Waals surface area (Å²) in [5, 5.41) is 0.986. The second kappa shape index (κ2) is 5.56. The van der Waals surface area contributed by atoms with Crippen molar-refractivity contribution in [3.63, 3.8) is 0 Å². The van der Waals surface area contributed by atoms with E-state index in [0.717, 1.165) is 25.9 Å². The molecule has 1 aromatic heterocycles. The molecule has 0 unspecified atom stereocenters. The summed E-state index contributed by atoms with van der Waals surface area (Å²) in [6.45, 7) is 1.16. The maximum absolute atomic E-state index is 5.80. The second-order valence-electron chi connectivity index (χ2n) is 3.70. The molecule has 7 heteroatoms. The topological polar surface area (TPSA) is 44.2 Å². The van der Waals surface area contributed by atoms with Crippen molar-refractivity contribution in [1.82, 2.24) is 9.97 Å². The Morgan fingerprint density at radius 1 is 1.21 bits per heavy atom. The Morgan fingerprint density at radius 3 is 2.84 bits per heavy atom. The van der Waals surface area contributed by atoms with E-state index >= 15 is 0 Å². The number of rotatable bonds is 2. The summed E-state index contributed by atoms with van der Waals surface area (Å²) in [5.74, 6) is 1.53. The van der Waals surface area contributed by atoms with Crippen LogP contribution in [0.15, 0.2) is 38.8 Å². The van der Waals surface area contributed by atoms with Crippen molar-refractivity contribution in [2.75, 3.05) is 13.2 Å². The standard InChI is InChI=1S/C12H8BrClN2O2S/c13-8-6-15-12(14)16-11(8)19-7-1-2-9-10(5-7)18-4-3-17-9/h1-2,5-6H,3-4H2. The molecule has 0 amide bonds. The van der Waals surface area contributed by atoms with Crippen molar-refractivity contribution in [3.05, 3.63) is 34.2 Å². The van der Waals surface area contributed by atoms with Gasteiger partial charge in [-0.25, -0.2) is 9.97 Å². The first-order chi connectivity index (χ1) is 9.22. The van der Waals surface area contributed by atoms with Gasteiger partial charge >= 0.3 is 0 Å². The fourth-order valence-corrected chi connectivity index (χ4v) is 3.03. The van der Waals surface area contributed by atoms with Crippen LogP contribution in [0.4, 0.5) is 0 Å². The lowest BCUT2D eigenvalue weighted by atomic mass is 10.3. The molecule has 0 fully saturated rings. The van der Waals surface area contributed by atoms with Gasteiger partial charge in [0.25, 0.3) is 0 Å². The van der Waals surface area contributed by atoms with Crippen molar-refractivity contribution in [2.45, 2.75) is 9.92 Å². The Bertz CT molecular complexity index is 627. The number of nitrogens with zero attached hydrogens (tertiary/aromatic N) is 2. The van der Waals surface area contributed by atoms with Crippen LogP contribution in [-0.2, 0) is 0 Å². The number of fused-ring (bicyclic) bond motifs is 1. The van der Waals surface area contributed by atoms with Crippen LogP contribution in [0.5, 0.6) is 11.5 Å². The number of hydrogen-bond donors (Lipinski definition) is 0. The van der Waals surface area contributed by atoms with Gasteiger partial charge in [-0.2, -0.15) is 0 Å². The van der Waals surface area contributed by atoms with E-state index in [1.54, 1.807) is 6.20 Å². The fraction of sp³-hybridized carbons (Fsp3) is 0.167. The zero-order valence-electron chi connectivity index (χ0n) is 9.60. The van der Waals surface area contributed by atoms with Gasteiger partial charge in [-0.1, -0.05) is 11.8 Å². The molecular formula is C12H8BrClN2O2S. The number of hydrogen-bond acceptors (Lipinski definition) is 5. The third-order valence-corrected chi connectivity index (χ3v) is 4.43. The average Bonchev–Trinajstić information content (AvgIpc) is 2.43. The normalized spacial score (nSPS) is 13.4. The number of ether oxygens (including phenoxy) is 2. The Balaban J connectivity index is 1.89. The first kappa shape index (κ1) is 13.0. The predicted molar refractivity (Wildman–Crippen MR) is 76.3 cm³/mol. The highest BCUT2D eigenvalue weighted by molar-refractivity contribution is 9.10. The van der Waals surface area contributed by atoms with Crippen LogP contribution >= 0.6 is 39.3 Å². The zero-order chi connectivity index (χ0) is 13.2. The summed E-state index contributed by atoms with van der Waals surface area (Å²) < 4.78 is 11.8. The molecule has 1 aromatic carbocycles. The highest BCUT2D eigenvalue weighted by atomic mass is 79.9. The summed E-state index contributed by atoms with van der Waals surface area (Å²) in [7, 11) is 0. The molecular weight excluding hydrogens is 352 g/mol. The van der Waals surface area contributed by atoms with E-state index in [-0.39, 0.29) is 5.28 Å². The quantitative estimate of drug-likeness (QED) is 0.602. The van der Waals surface area contributed by atoms with Gasteiger partial charge in [0.1, 0.15) is 18.2 Å². The molecule has 0 N–H and O–H groups in total. The predicted octanol–water partition coefficient (Wildman–Crippen LogP) is 3.81. The number of benzene rings is 1. The maximum Gasteiger partial charge on any atom is 0.223 e. The first-order valence-electron chi connectivity index (χ1n) is 5.48. The van der Waals surface area contributed by atoms with Gasteiger partial charge in [0, 0.05) is 11.1 Å². The van der Waals surface area contributed by atoms with E-state index in [2.05, 4.69) is 25.9 Å². The lowest BCUT2D eigenvalue weighted by molar-refractivity contribution is 0.171. The second-order valence-corrected chi connectivity index (χ2v) is 5.95. The Labute approximate surface area is 127 Å². The van der Waals surface area contributed by atoms with Gasteiger partial charge in [0.05, 0.1) is 4.47 Å². The summed E-state index contributed by atoms with van der Waals surface area (Å²) >= 11 is 10.7. The van der Waals surface area contributed by atoms with Crippen LogP contribution in [0.3, 0.4) is 0 Å². The molecule has 2 aromatic rings. The van der Waals surface area contributed by atoms with Gasteiger partial charge < -0.3 is 9.47 Å². The Morgan fingerprint density at radius 2 is 2.00 bits per heavy atom. The third kappa shape index (κ3) is 2.96. The Hall–Kier alpha value is -0.980. The summed E-state index contributed by atoms with van der Waals surface area (Å²) in [6.07, 6.45) is 1.63. The molecule has 98 valence electrons. The van der Waals surface area contributed by atoms with Crippen molar-refractivity contribution in [1.29, 1.82) is 0 Å². The van der Waals surface area contributed by atoms with Crippen LogP contribution in [0.2, 0.25) is 5.28 Å². The fourth-order valence-electron chi connectivity index (χ4n) is 1.60. The van der Waals surface area contributed by atoms with Crippen molar-refractivity contribution >= 4 is 39.3 Å². The van der Waals surface area contributed by atoms with Crippen molar-refractivity contribution in [2.24, 2.45) is 0 Å². The lowest BCUT2D eigenvalue weighted by Crippen LogP contribution is -2.15. The molecule has 1 aliphatic heterocycles. The van der Waals surface area contributed by atoms with Gasteiger partial charge in [-0.3, -0.25) is 0 Å². The molecule has 3 rings (SSSR count). The maximum atomic E-state index is 5.80. The third-order valence-electron chi connectivity index (χ3n) is 2.41. The van der Waals surface area contributed by atoms with Gasteiger partial charge in [-0.05, 0) is 45.7 Å². The largest absolute Gasteiger partial charge is 0.486 e. The smallest absolute Gasteiger partial charge is 0.223 e. The van der Waals surface area contributed by atoms with Gasteiger partial charge in [0.15, 0.2) is 11.5 Å². The summed E-state index contributed by atoms with van der Waals surface area (Å²) in [4.78, 5) is 9.08. The molecule has 0 aliphatic carbocycles. The average molecular weight is 360 g/mol. The molecule has 0 saturated carbocycles. The van der Waals surface area contributed by atoms with E-state index in [1.807, 2.05) is 18.2 Å². The van der Waals surface area contributed by atoms with Gasteiger partial charge in [0.2, 0.25) is 5.28 Å².